The van der Waals surface area contributed by atoms with E-state index in [1.165, 1.54) is 12.1 Å². The van der Waals surface area contributed by atoms with Crippen molar-refractivity contribution in [2.24, 2.45) is 0 Å². The van der Waals surface area contributed by atoms with Crippen LogP contribution >= 0.6 is 11.6 Å². The fourth-order valence-corrected chi connectivity index (χ4v) is 2.56. The molecule has 0 aliphatic carbocycles. The normalized spacial score (nSPS) is 11.1. The van der Waals surface area contributed by atoms with E-state index in [1.54, 1.807) is 24.3 Å². The first-order valence-corrected chi connectivity index (χ1v) is 8.11. The van der Waals surface area contributed by atoms with Crippen molar-refractivity contribution in [3.05, 3.63) is 64.7 Å². The number of carbonyl (C=O) groups is 2. The minimum atomic E-state index is -4.81. The summed E-state index contributed by atoms with van der Waals surface area (Å²) < 4.78 is 40.3. The minimum Gasteiger partial charge on any atom is -0.406 e. The van der Waals surface area contributed by atoms with Gasteiger partial charge in [0.1, 0.15) is 28.6 Å². The largest absolute Gasteiger partial charge is 0.573 e. The van der Waals surface area contributed by atoms with Gasteiger partial charge in [0.05, 0.1) is 0 Å². The number of aromatic nitrogens is 2. The number of ether oxygens (including phenoxy) is 1. The van der Waals surface area contributed by atoms with E-state index in [2.05, 4.69) is 20.3 Å². The zero-order chi connectivity index (χ0) is 20.3. The van der Waals surface area contributed by atoms with Gasteiger partial charge in [-0.15, -0.1) is 13.2 Å². The van der Waals surface area contributed by atoms with Crippen LogP contribution < -0.4 is 10.1 Å². The molecule has 0 unspecified atom stereocenters. The summed E-state index contributed by atoms with van der Waals surface area (Å²) in [6.07, 6.45) is -4.11. The maximum Gasteiger partial charge on any atom is 0.573 e. The number of aldehydes is 1. The maximum absolute atomic E-state index is 12.3. The van der Waals surface area contributed by atoms with E-state index in [0.717, 1.165) is 12.1 Å². The third-order valence-corrected chi connectivity index (χ3v) is 3.98. The second-order valence-corrected chi connectivity index (χ2v) is 5.91. The third-order valence-electron chi connectivity index (χ3n) is 3.62. The quantitative estimate of drug-likeness (QED) is 0.598. The van der Waals surface area contributed by atoms with Crippen LogP contribution in [0.4, 0.5) is 19.0 Å². The van der Waals surface area contributed by atoms with E-state index in [1.807, 2.05) is 0 Å². The minimum absolute atomic E-state index is 0.0945. The highest BCUT2D eigenvalue weighted by atomic mass is 35.5. The van der Waals surface area contributed by atoms with Crippen molar-refractivity contribution in [2.45, 2.75) is 6.36 Å². The number of H-pyrrole nitrogens is 1. The molecule has 144 valence electrons. The average molecular weight is 410 g/mol. The summed E-state index contributed by atoms with van der Waals surface area (Å²) in [5.41, 5.74) is 1.57. The third kappa shape index (κ3) is 4.49. The first kappa shape index (κ1) is 19.4. The molecule has 10 heteroatoms. The molecule has 2 aromatic carbocycles. The van der Waals surface area contributed by atoms with Crippen molar-refractivity contribution in [3.63, 3.8) is 0 Å². The Labute approximate surface area is 161 Å². The second kappa shape index (κ2) is 7.73. The Morgan fingerprint density at radius 1 is 1.11 bits per heavy atom. The molecule has 0 bridgehead atoms. The molecule has 0 atom stereocenters. The van der Waals surface area contributed by atoms with Crippen molar-refractivity contribution in [1.29, 1.82) is 0 Å². The number of aromatic amines is 1. The predicted molar refractivity (Wildman–Crippen MR) is 95.5 cm³/mol. The van der Waals surface area contributed by atoms with Gasteiger partial charge in [-0.05, 0) is 24.3 Å². The first-order chi connectivity index (χ1) is 13.3. The molecule has 0 aliphatic heterocycles. The Hall–Kier alpha value is -3.33. The number of hydrogen-bond acceptors (Lipinski definition) is 4. The Balaban J connectivity index is 1.74. The molecule has 0 aliphatic rings. The van der Waals surface area contributed by atoms with Gasteiger partial charge in [-0.25, -0.2) is 0 Å². The maximum atomic E-state index is 12.3. The van der Waals surface area contributed by atoms with E-state index < -0.39 is 18.0 Å². The molecule has 0 saturated carbocycles. The van der Waals surface area contributed by atoms with E-state index in [-0.39, 0.29) is 16.4 Å². The van der Waals surface area contributed by atoms with Gasteiger partial charge in [-0.1, -0.05) is 35.9 Å². The molecule has 3 aromatic rings. The van der Waals surface area contributed by atoms with E-state index in [4.69, 9.17) is 11.6 Å². The van der Waals surface area contributed by atoms with E-state index in [9.17, 15) is 22.8 Å². The molecule has 1 heterocycles. The summed E-state index contributed by atoms with van der Waals surface area (Å²) in [6, 6.07) is 10.9. The number of rotatable bonds is 5. The van der Waals surface area contributed by atoms with Crippen LogP contribution in [0.25, 0.3) is 11.3 Å². The molecule has 0 saturated heterocycles. The van der Waals surface area contributed by atoms with Crippen LogP contribution in [0.1, 0.15) is 20.7 Å². The van der Waals surface area contributed by atoms with Gasteiger partial charge < -0.3 is 10.1 Å². The van der Waals surface area contributed by atoms with Crippen LogP contribution in [0, 0.1) is 0 Å². The predicted octanol–water partition coefficient (Wildman–Crippen LogP) is 4.69. The molecule has 6 nitrogen and oxygen atoms in total. The topological polar surface area (TPSA) is 84.1 Å². The van der Waals surface area contributed by atoms with Crippen LogP contribution in [-0.4, -0.2) is 28.8 Å². The fraction of sp³-hybridized carbons (Fsp3) is 0.0556. The van der Waals surface area contributed by atoms with Crippen LogP contribution in [-0.2, 0) is 0 Å². The highest BCUT2D eigenvalue weighted by Crippen LogP contribution is 2.32. The SMILES string of the molecule is O=Cc1ccc(-c2n[nH]c(NC(=O)c3ccc(OC(F)(F)F)cc3)c2Cl)cc1. The first-order valence-electron chi connectivity index (χ1n) is 7.73. The number of hydrogen-bond donors (Lipinski definition) is 2. The Kier molecular flexibility index (Phi) is 5.36. The highest BCUT2D eigenvalue weighted by molar-refractivity contribution is 6.36. The lowest BCUT2D eigenvalue weighted by molar-refractivity contribution is -0.274. The highest BCUT2D eigenvalue weighted by Gasteiger charge is 2.31. The average Bonchev–Trinajstić information content (AvgIpc) is 3.01. The second-order valence-electron chi connectivity index (χ2n) is 5.53. The molecular weight excluding hydrogens is 399 g/mol. The lowest BCUT2D eigenvalue weighted by Gasteiger charge is -2.09. The number of benzene rings is 2. The number of nitrogens with one attached hydrogen (secondary N) is 2. The van der Waals surface area contributed by atoms with E-state index in [0.29, 0.717) is 23.1 Å². The lowest BCUT2D eigenvalue weighted by atomic mass is 10.1. The van der Waals surface area contributed by atoms with Crippen molar-refractivity contribution in [3.8, 4) is 17.0 Å². The summed E-state index contributed by atoms with van der Waals surface area (Å²) in [6.45, 7) is 0. The summed E-state index contributed by atoms with van der Waals surface area (Å²) in [4.78, 5) is 23.0. The van der Waals surface area contributed by atoms with Gasteiger partial charge >= 0.3 is 6.36 Å². The number of carbonyl (C=O) groups excluding carboxylic acids is 2. The fourth-order valence-electron chi connectivity index (χ4n) is 2.32. The van der Waals surface area contributed by atoms with Crippen LogP contribution in [0.5, 0.6) is 5.75 Å². The Morgan fingerprint density at radius 2 is 1.75 bits per heavy atom. The molecule has 0 radical (unpaired) electrons. The van der Waals surface area contributed by atoms with Gasteiger partial charge in [0.2, 0.25) is 0 Å². The molecular formula is C18H11ClF3N3O3. The Bertz CT molecular complexity index is 1000. The smallest absolute Gasteiger partial charge is 0.406 e. The summed E-state index contributed by atoms with van der Waals surface area (Å²) in [5, 5.41) is 9.27. The van der Waals surface area contributed by atoms with Crippen LogP contribution in [0.2, 0.25) is 5.02 Å². The van der Waals surface area contributed by atoms with Crippen molar-refractivity contribution < 1.29 is 27.5 Å². The number of alkyl halides is 3. The molecule has 0 fully saturated rings. The number of nitrogens with zero attached hydrogens (tertiary/aromatic N) is 1. The van der Waals surface area contributed by atoms with E-state index >= 15 is 0 Å². The molecule has 3 rings (SSSR count). The molecule has 28 heavy (non-hydrogen) atoms. The van der Waals surface area contributed by atoms with Gasteiger partial charge in [-0.3, -0.25) is 14.7 Å². The molecule has 1 aromatic heterocycles. The zero-order valence-corrected chi connectivity index (χ0v) is 14.6. The summed E-state index contributed by atoms with van der Waals surface area (Å²) >= 11 is 6.24. The molecule has 0 spiro atoms. The summed E-state index contributed by atoms with van der Waals surface area (Å²) in [7, 11) is 0. The van der Waals surface area contributed by atoms with Gasteiger partial charge in [0.15, 0.2) is 0 Å². The zero-order valence-electron chi connectivity index (χ0n) is 13.9. The van der Waals surface area contributed by atoms with Gasteiger partial charge in [-0.2, -0.15) is 5.10 Å². The van der Waals surface area contributed by atoms with Crippen molar-refractivity contribution in [1.82, 2.24) is 10.2 Å². The monoisotopic (exact) mass is 409 g/mol. The molecule has 2 N–H and O–H groups in total. The van der Waals surface area contributed by atoms with Crippen LogP contribution in [0.3, 0.4) is 0 Å². The number of amides is 1. The Morgan fingerprint density at radius 3 is 2.32 bits per heavy atom. The van der Waals surface area contributed by atoms with Crippen molar-refractivity contribution in [2.75, 3.05) is 5.32 Å². The standard InChI is InChI=1S/C18H11ClF3N3O3/c19-14-15(11-3-1-10(9-26)2-4-11)24-25-16(14)23-17(27)12-5-7-13(8-6-12)28-18(20,21)22/h1-9H,(H2,23,24,25,27). The van der Waals surface area contributed by atoms with Gasteiger partial charge in [0, 0.05) is 16.7 Å². The molecule has 1 amide bonds. The van der Waals surface area contributed by atoms with Gasteiger partial charge in [0.25, 0.3) is 5.91 Å². The van der Waals surface area contributed by atoms with Crippen molar-refractivity contribution >= 4 is 29.6 Å². The van der Waals surface area contributed by atoms with Crippen LogP contribution in [0.15, 0.2) is 48.5 Å². The number of anilines is 1. The number of halogens is 4. The summed E-state index contributed by atoms with van der Waals surface area (Å²) in [5.74, 6) is -0.923. The lowest BCUT2D eigenvalue weighted by Crippen LogP contribution is -2.17.